The average Bonchev–Trinajstić information content (AvgIpc) is 2.77. The first-order chi connectivity index (χ1) is 9.28. The van der Waals surface area contributed by atoms with Gasteiger partial charge in [0, 0.05) is 12.7 Å². The molecular weight excluding hydrogens is 301 g/mol. The lowest BCUT2D eigenvalue weighted by Crippen LogP contribution is -2.17. The molecule has 19 heavy (non-hydrogen) atoms. The van der Waals surface area contributed by atoms with Crippen molar-refractivity contribution in [2.45, 2.75) is 25.3 Å². The molecule has 0 unspecified atom stereocenters. The van der Waals surface area contributed by atoms with Gasteiger partial charge in [-0.1, -0.05) is 11.6 Å². The summed E-state index contributed by atoms with van der Waals surface area (Å²) in [7, 11) is 0. The molecule has 0 aromatic carbocycles. The molecule has 0 aliphatic carbocycles. The normalized spacial score (nSPS) is 17.2. The summed E-state index contributed by atoms with van der Waals surface area (Å²) in [6, 6.07) is 1.85. The van der Waals surface area contributed by atoms with E-state index in [1.54, 1.807) is 6.20 Å². The molecule has 0 N–H and O–H groups in total. The van der Waals surface area contributed by atoms with Crippen LogP contribution in [0.2, 0.25) is 5.02 Å². The Balaban J connectivity index is 1.95. The van der Waals surface area contributed by atoms with E-state index >= 15 is 0 Å². The Morgan fingerprint density at radius 3 is 2.89 bits per heavy atom. The maximum atomic E-state index is 6.01. The molecule has 3 rings (SSSR count). The number of halogens is 2. The number of thioether (sulfide) groups is 1. The topological polar surface area (TPSA) is 30.7 Å². The quantitative estimate of drug-likeness (QED) is 0.803. The zero-order valence-corrected chi connectivity index (χ0v) is 12.8. The maximum absolute atomic E-state index is 6.01. The number of imidazole rings is 1. The van der Waals surface area contributed by atoms with E-state index in [1.165, 1.54) is 24.3 Å². The highest BCUT2D eigenvalue weighted by molar-refractivity contribution is 7.99. The number of fused-ring (bicyclic) bond motifs is 1. The van der Waals surface area contributed by atoms with E-state index in [0.717, 1.165) is 23.5 Å². The van der Waals surface area contributed by atoms with Crippen LogP contribution in [0.5, 0.6) is 0 Å². The number of hydrogen-bond acceptors (Lipinski definition) is 3. The minimum atomic E-state index is 0.412. The predicted molar refractivity (Wildman–Crippen MR) is 82.1 cm³/mol. The van der Waals surface area contributed by atoms with E-state index in [0.29, 0.717) is 16.8 Å². The van der Waals surface area contributed by atoms with Crippen LogP contribution in [0.3, 0.4) is 0 Å². The second-order valence-corrected chi connectivity index (χ2v) is 6.75. The average molecular weight is 316 g/mol. The molecule has 3 nitrogen and oxygen atoms in total. The summed E-state index contributed by atoms with van der Waals surface area (Å²) >= 11 is 14.0. The van der Waals surface area contributed by atoms with Crippen LogP contribution in [0.15, 0.2) is 12.3 Å². The van der Waals surface area contributed by atoms with Gasteiger partial charge in [0.05, 0.1) is 10.9 Å². The van der Waals surface area contributed by atoms with Crippen molar-refractivity contribution in [1.29, 1.82) is 0 Å². The minimum Gasteiger partial charge on any atom is -0.311 e. The largest absolute Gasteiger partial charge is 0.311 e. The fourth-order valence-corrected chi connectivity index (χ4v) is 4.07. The Bertz CT molecular complexity index is 579. The second-order valence-electron chi connectivity index (χ2n) is 4.82. The zero-order valence-electron chi connectivity index (χ0n) is 10.5. The molecule has 102 valence electrons. The van der Waals surface area contributed by atoms with Crippen LogP contribution in [0, 0.1) is 5.92 Å². The van der Waals surface area contributed by atoms with Gasteiger partial charge in [-0.25, -0.2) is 9.97 Å². The Morgan fingerprint density at radius 2 is 2.16 bits per heavy atom. The van der Waals surface area contributed by atoms with Gasteiger partial charge in [0.25, 0.3) is 0 Å². The molecule has 1 fully saturated rings. The summed E-state index contributed by atoms with van der Waals surface area (Å²) < 4.78 is 2.17. The van der Waals surface area contributed by atoms with Crippen molar-refractivity contribution >= 4 is 46.1 Å². The third-order valence-electron chi connectivity index (χ3n) is 3.53. The number of hydrogen-bond donors (Lipinski definition) is 0. The Labute approximate surface area is 126 Å². The summed E-state index contributed by atoms with van der Waals surface area (Å²) in [5.41, 5.74) is 1.74. The van der Waals surface area contributed by atoms with E-state index in [2.05, 4.69) is 14.5 Å². The smallest absolute Gasteiger partial charge is 0.160 e. The van der Waals surface area contributed by atoms with Crippen molar-refractivity contribution in [3.8, 4) is 0 Å². The monoisotopic (exact) mass is 315 g/mol. The highest BCUT2D eigenvalue weighted by Crippen LogP contribution is 2.27. The predicted octanol–water partition coefficient (Wildman–Crippen LogP) is 3.97. The second kappa shape index (κ2) is 5.90. The first kappa shape index (κ1) is 13.5. The van der Waals surface area contributed by atoms with Gasteiger partial charge in [-0.15, -0.1) is 11.6 Å². The number of nitrogens with zero attached hydrogens (tertiary/aromatic N) is 3. The van der Waals surface area contributed by atoms with Gasteiger partial charge in [0.1, 0.15) is 11.3 Å². The van der Waals surface area contributed by atoms with E-state index in [-0.39, 0.29) is 0 Å². The molecule has 1 aliphatic rings. The molecule has 6 heteroatoms. The fraction of sp³-hybridized carbons (Fsp3) is 0.538. The Morgan fingerprint density at radius 1 is 1.37 bits per heavy atom. The molecular formula is C13H15Cl2N3S. The van der Waals surface area contributed by atoms with E-state index < -0.39 is 0 Å². The minimum absolute atomic E-state index is 0.412. The van der Waals surface area contributed by atoms with Crippen molar-refractivity contribution in [1.82, 2.24) is 14.5 Å². The van der Waals surface area contributed by atoms with Crippen LogP contribution in [-0.2, 0) is 12.4 Å². The van der Waals surface area contributed by atoms with Crippen LogP contribution in [0.4, 0.5) is 0 Å². The van der Waals surface area contributed by atoms with Crippen LogP contribution in [0.1, 0.15) is 18.7 Å². The summed E-state index contributed by atoms with van der Waals surface area (Å²) in [4.78, 5) is 8.96. The van der Waals surface area contributed by atoms with Crippen molar-refractivity contribution in [3.63, 3.8) is 0 Å². The number of alkyl halides is 1. The molecule has 0 saturated carbocycles. The van der Waals surface area contributed by atoms with E-state index in [4.69, 9.17) is 23.2 Å². The Hall–Kier alpha value is -0.450. The molecule has 0 bridgehead atoms. The molecule has 1 aliphatic heterocycles. The molecule has 3 heterocycles. The van der Waals surface area contributed by atoms with Crippen molar-refractivity contribution in [3.05, 3.63) is 23.1 Å². The molecule has 0 spiro atoms. The molecule has 0 amide bonds. The van der Waals surface area contributed by atoms with Gasteiger partial charge in [-0.2, -0.15) is 11.8 Å². The van der Waals surface area contributed by atoms with Crippen molar-refractivity contribution in [2.24, 2.45) is 5.92 Å². The highest BCUT2D eigenvalue weighted by atomic mass is 35.5. The van der Waals surface area contributed by atoms with Crippen LogP contribution in [-0.4, -0.2) is 26.0 Å². The van der Waals surface area contributed by atoms with Crippen LogP contribution < -0.4 is 0 Å². The number of aromatic nitrogens is 3. The summed E-state index contributed by atoms with van der Waals surface area (Å²) in [5, 5.41) is 0.618. The SMILES string of the molecule is ClCc1nc2cc(Cl)cnc2n1CC1CCSCC1. The molecule has 2 aromatic heterocycles. The fourth-order valence-electron chi connectivity index (χ4n) is 2.51. The lowest BCUT2D eigenvalue weighted by molar-refractivity contribution is 0.416. The molecule has 0 atom stereocenters. The lowest BCUT2D eigenvalue weighted by Gasteiger charge is -2.22. The first-order valence-electron chi connectivity index (χ1n) is 6.42. The van der Waals surface area contributed by atoms with Crippen molar-refractivity contribution in [2.75, 3.05) is 11.5 Å². The molecule has 1 saturated heterocycles. The summed E-state index contributed by atoms with van der Waals surface area (Å²) in [5.74, 6) is 4.53. The third-order valence-corrected chi connectivity index (χ3v) is 5.03. The Kier molecular flexibility index (Phi) is 4.20. The van der Waals surface area contributed by atoms with Crippen LogP contribution in [0.25, 0.3) is 11.2 Å². The van der Waals surface area contributed by atoms with Gasteiger partial charge in [0.15, 0.2) is 5.65 Å². The summed E-state index contributed by atoms with van der Waals surface area (Å²) in [6.07, 6.45) is 4.20. The van der Waals surface area contributed by atoms with E-state index in [9.17, 15) is 0 Å². The summed E-state index contributed by atoms with van der Waals surface area (Å²) in [6.45, 7) is 0.966. The number of rotatable bonds is 3. The van der Waals surface area contributed by atoms with Gasteiger partial charge in [-0.3, -0.25) is 0 Å². The number of pyridine rings is 1. The first-order valence-corrected chi connectivity index (χ1v) is 8.49. The van der Waals surface area contributed by atoms with Gasteiger partial charge < -0.3 is 4.57 Å². The lowest BCUT2D eigenvalue weighted by atomic mass is 10.0. The molecule has 0 radical (unpaired) electrons. The van der Waals surface area contributed by atoms with Crippen LogP contribution >= 0.6 is 35.0 Å². The van der Waals surface area contributed by atoms with Gasteiger partial charge in [0.2, 0.25) is 0 Å². The van der Waals surface area contributed by atoms with E-state index in [1.807, 2.05) is 17.8 Å². The highest BCUT2D eigenvalue weighted by Gasteiger charge is 2.18. The molecule has 2 aromatic rings. The van der Waals surface area contributed by atoms with Crippen molar-refractivity contribution < 1.29 is 0 Å². The zero-order chi connectivity index (χ0) is 13.2. The maximum Gasteiger partial charge on any atom is 0.160 e. The van der Waals surface area contributed by atoms with Gasteiger partial charge >= 0.3 is 0 Å². The standard InChI is InChI=1S/C13H15Cl2N3S/c14-6-12-17-11-5-10(15)7-16-13(11)18(12)8-9-1-3-19-4-2-9/h5,7,9H,1-4,6,8H2. The van der Waals surface area contributed by atoms with Gasteiger partial charge in [-0.05, 0) is 36.3 Å². The third kappa shape index (κ3) is 2.86.